The largest absolute Gasteiger partial charge is 0.435 e. The Bertz CT molecular complexity index is 732. The summed E-state index contributed by atoms with van der Waals surface area (Å²) in [5.74, 6) is 0.456. The standard InChI is InChI=1S/C16H22F3N5S/c1-10(7-13-6-5-11(2)25-13)22-15(20-3)21-8-12-9-24(4)23-14(12)16(17,18)19/h5-6,9-10H,7-8H2,1-4H3,(H2,20,21,22). The highest BCUT2D eigenvalue weighted by atomic mass is 32.1. The van der Waals surface area contributed by atoms with Gasteiger partial charge >= 0.3 is 6.18 Å². The molecule has 0 radical (unpaired) electrons. The average molecular weight is 373 g/mol. The van der Waals surface area contributed by atoms with Gasteiger partial charge < -0.3 is 10.6 Å². The van der Waals surface area contributed by atoms with Gasteiger partial charge in [-0.25, -0.2) is 0 Å². The molecule has 0 aromatic carbocycles. The van der Waals surface area contributed by atoms with Crippen molar-refractivity contribution in [1.82, 2.24) is 20.4 Å². The van der Waals surface area contributed by atoms with Crippen molar-refractivity contribution in [2.24, 2.45) is 12.0 Å². The molecule has 2 rings (SSSR count). The molecule has 0 amide bonds. The van der Waals surface area contributed by atoms with Crippen LogP contribution in [0.5, 0.6) is 0 Å². The summed E-state index contributed by atoms with van der Waals surface area (Å²) >= 11 is 1.73. The molecule has 25 heavy (non-hydrogen) atoms. The van der Waals surface area contributed by atoms with Gasteiger partial charge in [0.05, 0.1) is 0 Å². The average Bonchev–Trinajstić information content (AvgIpc) is 3.08. The second kappa shape index (κ2) is 7.90. The highest BCUT2D eigenvalue weighted by molar-refractivity contribution is 7.11. The zero-order valence-electron chi connectivity index (χ0n) is 14.6. The summed E-state index contributed by atoms with van der Waals surface area (Å²) in [5, 5.41) is 9.62. The van der Waals surface area contributed by atoms with Crippen LogP contribution in [0.3, 0.4) is 0 Å². The Morgan fingerprint density at radius 2 is 2.12 bits per heavy atom. The number of hydrogen-bond donors (Lipinski definition) is 2. The minimum Gasteiger partial charge on any atom is -0.354 e. The Morgan fingerprint density at radius 1 is 1.40 bits per heavy atom. The van der Waals surface area contributed by atoms with Crippen molar-refractivity contribution in [2.45, 2.75) is 39.0 Å². The van der Waals surface area contributed by atoms with Crippen LogP contribution in [0, 0.1) is 6.92 Å². The number of alkyl halides is 3. The summed E-state index contributed by atoms with van der Waals surface area (Å²) in [7, 11) is 3.06. The fourth-order valence-corrected chi connectivity index (χ4v) is 3.48. The van der Waals surface area contributed by atoms with E-state index >= 15 is 0 Å². The molecule has 0 aliphatic heterocycles. The monoisotopic (exact) mass is 373 g/mol. The van der Waals surface area contributed by atoms with Crippen LogP contribution >= 0.6 is 11.3 Å². The van der Waals surface area contributed by atoms with Crippen molar-refractivity contribution in [3.63, 3.8) is 0 Å². The van der Waals surface area contributed by atoms with Crippen molar-refractivity contribution in [1.29, 1.82) is 0 Å². The summed E-state index contributed by atoms with van der Waals surface area (Å²) in [6.45, 7) is 4.05. The molecule has 2 aromatic rings. The van der Waals surface area contributed by atoms with Crippen molar-refractivity contribution in [2.75, 3.05) is 7.05 Å². The van der Waals surface area contributed by atoms with Crippen molar-refractivity contribution in [3.8, 4) is 0 Å². The predicted molar refractivity (Wildman–Crippen MR) is 93.8 cm³/mol. The van der Waals surface area contributed by atoms with Crippen LogP contribution in [0.4, 0.5) is 13.2 Å². The van der Waals surface area contributed by atoms with Crippen molar-refractivity contribution < 1.29 is 13.2 Å². The maximum absolute atomic E-state index is 13.0. The van der Waals surface area contributed by atoms with E-state index in [0.717, 1.165) is 11.1 Å². The minimum atomic E-state index is -4.47. The Kier molecular flexibility index (Phi) is 6.10. The summed E-state index contributed by atoms with van der Waals surface area (Å²) in [5.41, 5.74) is -0.792. The Hall–Kier alpha value is -2.03. The molecule has 0 saturated heterocycles. The Labute approximate surface area is 149 Å². The molecule has 0 fully saturated rings. The summed E-state index contributed by atoms with van der Waals surface area (Å²) in [6, 6.07) is 4.25. The number of nitrogens with zero attached hydrogens (tertiary/aromatic N) is 3. The molecule has 9 heteroatoms. The number of thiophene rings is 1. The zero-order chi connectivity index (χ0) is 18.6. The Balaban J connectivity index is 1.94. The first-order chi connectivity index (χ1) is 11.7. The number of aliphatic imine (C=N–C) groups is 1. The van der Waals surface area contributed by atoms with Crippen LogP contribution in [0.15, 0.2) is 23.3 Å². The van der Waals surface area contributed by atoms with E-state index in [1.807, 2.05) is 6.92 Å². The molecule has 1 unspecified atom stereocenters. The van der Waals surface area contributed by atoms with Crippen LogP contribution in [0.2, 0.25) is 0 Å². The fraction of sp³-hybridized carbons (Fsp3) is 0.500. The quantitative estimate of drug-likeness (QED) is 0.626. The van der Waals surface area contributed by atoms with Gasteiger partial charge in [-0.3, -0.25) is 9.67 Å². The highest BCUT2D eigenvalue weighted by Crippen LogP contribution is 2.30. The minimum absolute atomic E-state index is 0.00676. The fourth-order valence-electron chi connectivity index (χ4n) is 2.46. The molecule has 2 N–H and O–H groups in total. The molecule has 0 aliphatic rings. The first-order valence-electron chi connectivity index (χ1n) is 7.81. The predicted octanol–water partition coefficient (Wildman–Crippen LogP) is 3.11. The van der Waals surface area contributed by atoms with Gasteiger partial charge in [0.25, 0.3) is 0 Å². The van der Waals surface area contributed by atoms with E-state index < -0.39 is 11.9 Å². The van der Waals surface area contributed by atoms with Gasteiger partial charge in [0.1, 0.15) is 0 Å². The van der Waals surface area contributed by atoms with E-state index in [4.69, 9.17) is 0 Å². The van der Waals surface area contributed by atoms with Crippen LogP contribution in [-0.4, -0.2) is 28.8 Å². The number of rotatable bonds is 5. The smallest absolute Gasteiger partial charge is 0.354 e. The van der Waals surface area contributed by atoms with Crippen LogP contribution in [0.1, 0.15) is 27.9 Å². The molecule has 0 saturated carbocycles. The SMILES string of the molecule is CN=C(NCc1cn(C)nc1C(F)(F)F)NC(C)Cc1ccc(C)s1. The number of aryl methyl sites for hydroxylation is 2. The Morgan fingerprint density at radius 3 is 2.68 bits per heavy atom. The van der Waals surface area contributed by atoms with Gasteiger partial charge in [-0.2, -0.15) is 18.3 Å². The molecule has 5 nitrogen and oxygen atoms in total. The molecular weight excluding hydrogens is 351 g/mol. The van der Waals surface area contributed by atoms with Gasteiger partial charge in [0.2, 0.25) is 0 Å². The number of hydrogen-bond acceptors (Lipinski definition) is 3. The molecule has 2 aromatic heterocycles. The second-order valence-electron chi connectivity index (χ2n) is 5.86. The molecule has 1 atom stereocenters. The molecule has 0 spiro atoms. The van der Waals surface area contributed by atoms with E-state index in [1.165, 1.54) is 23.0 Å². The lowest BCUT2D eigenvalue weighted by Gasteiger charge is -2.17. The molecule has 0 aliphatic carbocycles. The normalized spacial score (nSPS) is 13.8. The molecule has 138 valence electrons. The van der Waals surface area contributed by atoms with Gasteiger partial charge in [-0.15, -0.1) is 11.3 Å². The first kappa shape index (κ1) is 19.3. The van der Waals surface area contributed by atoms with Crippen LogP contribution < -0.4 is 10.6 Å². The zero-order valence-corrected chi connectivity index (χ0v) is 15.4. The summed E-state index contributed by atoms with van der Waals surface area (Å²) in [6.07, 6.45) is -2.29. The lowest BCUT2D eigenvalue weighted by Crippen LogP contribution is -2.42. The number of nitrogens with one attached hydrogen (secondary N) is 2. The molecule has 2 heterocycles. The van der Waals surface area contributed by atoms with Gasteiger partial charge in [-0.1, -0.05) is 0 Å². The van der Waals surface area contributed by atoms with E-state index in [1.54, 1.807) is 18.4 Å². The van der Waals surface area contributed by atoms with Crippen molar-refractivity contribution >= 4 is 17.3 Å². The second-order valence-corrected chi connectivity index (χ2v) is 7.23. The number of guanidine groups is 1. The van der Waals surface area contributed by atoms with Crippen molar-refractivity contribution in [3.05, 3.63) is 39.3 Å². The van der Waals surface area contributed by atoms with E-state index in [-0.39, 0.29) is 18.2 Å². The number of aromatic nitrogens is 2. The topological polar surface area (TPSA) is 54.2 Å². The lowest BCUT2D eigenvalue weighted by molar-refractivity contribution is -0.142. The lowest BCUT2D eigenvalue weighted by atomic mass is 10.2. The number of halogens is 3. The van der Waals surface area contributed by atoms with Gasteiger partial charge in [-0.05, 0) is 26.0 Å². The van der Waals surface area contributed by atoms with E-state index in [0.29, 0.717) is 5.96 Å². The summed E-state index contributed by atoms with van der Waals surface area (Å²) < 4.78 is 40.1. The van der Waals surface area contributed by atoms with E-state index in [9.17, 15) is 13.2 Å². The maximum Gasteiger partial charge on any atom is 0.435 e. The third kappa shape index (κ3) is 5.48. The highest BCUT2D eigenvalue weighted by Gasteiger charge is 2.36. The molecular formula is C16H22F3N5S. The summed E-state index contributed by atoms with van der Waals surface area (Å²) in [4.78, 5) is 6.58. The maximum atomic E-state index is 13.0. The first-order valence-corrected chi connectivity index (χ1v) is 8.63. The third-order valence-corrected chi connectivity index (χ3v) is 4.55. The van der Waals surface area contributed by atoms with E-state index in [2.05, 4.69) is 39.8 Å². The van der Waals surface area contributed by atoms with Gasteiger partial charge in [0.15, 0.2) is 11.7 Å². The molecule has 0 bridgehead atoms. The van der Waals surface area contributed by atoms with Crippen LogP contribution in [-0.2, 0) is 26.2 Å². The third-order valence-electron chi connectivity index (χ3n) is 3.53. The van der Waals surface area contributed by atoms with Crippen LogP contribution in [0.25, 0.3) is 0 Å². The van der Waals surface area contributed by atoms with Gasteiger partial charge in [0, 0.05) is 54.6 Å².